The van der Waals surface area contributed by atoms with Crippen LogP contribution in [0.1, 0.15) is 11.1 Å². The Kier molecular flexibility index (Phi) is 5.46. The molecule has 0 amide bonds. The molecule has 0 heterocycles. The number of hydrogen-bond donors (Lipinski definition) is 2. The van der Waals surface area contributed by atoms with Crippen LogP contribution in [0.3, 0.4) is 0 Å². The topological polar surface area (TPSA) is 50.6 Å². The normalized spacial score (nSPS) is 11.9. The fourth-order valence-corrected chi connectivity index (χ4v) is 3.12. The first-order valence-corrected chi connectivity index (χ1v) is 8.58. The summed E-state index contributed by atoms with van der Waals surface area (Å²) in [4.78, 5) is 0.987. The summed E-state index contributed by atoms with van der Waals surface area (Å²) in [6, 6.07) is 10.0. The lowest BCUT2D eigenvalue weighted by Gasteiger charge is -2.09. The van der Waals surface area contributed by atoms with Gasteiger partial charge in [0.05, 0.1) is 19.0 Å². The van der Waals surface area contributed by atoms with E-state index in [9.17, 15) is 17.2 Å². The van der Waals surface area contributed by atoms with Gasteiger partial charge in [-0.3, -0.25) is 0 Å². The van der Waals surface area contributed by atoms with Gasteiger partial charge in [0.25, 0.3) is 0 Å². The number of sulfonamides is 1. The van der Waals surface area contributed by atoms with Crippen LogP contribution >= 0.6 is 0 Å². The molecule has 2 N–H and O–H groups in total. The van der Waals surface area contributed by atoms with Crippen LogP contribution < -0.4 is 9.62 Å². The first-order chi connectivity index (χ1) is 10.8. The van der Waals surface area contributed by atoms with E-state index in [1.807, 2.05) is 38.4 Å². The van der Waals surface area contributed by atoms with Crippen LogP contribution in [0.2, 0.25) is 0 Å². The highest BCUT2D eigenvalue weighted by Gasteiger charge is 2.16. The molecule has 4 nitrogen and oxygen atoms in total. The molecule has 0 fully saturated rings. The molecule has 0 spiro atoms. The van der Waals surface area contributed by atoms with Crippen LogP contribution in [-0.4, -0.2) is 22.5 Å². The van der Waals surface area contributed by atoms with E-state index in [0.717, 1.165) is 29.8 Å². The Morgan fingerprint density at radius 2 is 1.57 bits per heavy atom. The van der Waals surface area contributed by atoms with Crippen LogP contribution in [0.15, 0.2) is 47.4 Å². The summed E-state index contributed by atoms with van der Waals surface area (Å²) in [7, 11) is 0.203. The lowest BCUT2D eigenvalue weighted by atomic mass is 10.1. The predicted molar refractivity (Wildman–Crippen MR) is 83.3 cm³/mol. The number of benzene rings is 2. The van der Waals surface area contributed by atoms with Crippen molar-refractivity contribution in [2.75, 3.05) is 14.1 Å². The second-order valence-corrected chi connectivity index (χ2v) is 7.37. The molecule has 0 aromatic heterocycles. The first kappa shape index (κ1) is 17.5. The Hall–Kier alpha value is -1.83. The molecule has 0 bridgehead atoms. The highest BCUT2D eigenvalue weighted by molar-refractivity contribution is 7.89. The molecule has 0 radical (unpaired) electrons. The van der Waals surface area contributed by atoms with Crippen LogP contribution in [0.4, 0.5) is 8.78 Å². The van der Waals surface area contributed by atoms with Crippen molar-refractivity contribution in [3.8, 4) is 0 Å². The maximum absolute atomic E-state index is 13.2. The van der Waals surface area contributed by atoms with Gasteiger partial charge in [0, 0.05) is 12.1 Å². The highest BCUT2D eigenvalue weighted by atomic mass is 32.2. The molecule has 0 atom stereocenters. The Balaban J connectivity index is 2.05. The van der Waals surface area contributed by atoms with Gasteiger partial charge < -0.3 is 4.90 Å². The van der Waals surface area contributed by atoms with E-state index >= 15 is 0 Å². The average Bonchev–Trinajstić information content (AvgIpc) is 2.49. The molecule has 7 heteroatoms. The third-order valence-corrected chi connectivity index (χ3v) is 4.65. The van der Waals surface area contributed by atoms with Gasteiger partial charge in [-0.1, -0.05) is 24.3 Å². The number of quaternary nitrogens is 1. The van der Waals surface area contributed by atoms with Crippen molar-refractivity contribution >= 4 is 10.0 Å². The van der Waals surface area contributed by atoms with Gasteiger partial charge in [-0.05, 0) is 23.8 Å². The van der Waals surface area contributed by atoms with Gasteiger partial charge in [-0.2, -0.15) is 0 Å². The quantitative estimate of drug-likeness (QED) is 0.826. The Labute approximate surface area is 134 Å². The largest absolute Gasteiger partial charge is 0.336 e. The predicted octanol–water partition coefficient (Wildman–Crippen LogP) is 1.09. The van der Waals surface area contributed by atoms with E-state index in [1.165, 1.54) is 4.90 Å². The minimum absolute atomic E-state index is 0.0798. The van der Waals surface area contributed by atoms with Crippen molar-refractivity contribution in [2.24, 2.45) is 0 Å². The number of hydrogen-bond acceptors (Lipinski definition) is 2. The molecule has 0 aliphatic rings. The van der Waals surface area contributed by atoms with E-state index in [0.29, 0.717) is 6.07 Å². The molecule has 0 unspecified atom stereocenters. The standard InChI is InChI=1S/C16H18F2N2O2S/c1-20(2)11-13-5-3-12(4-6-13)10-19-23(21,22)14-7-8-15(17)16(18)9-14/h3-9,19H,10-11H2,1-2H3/p+1. The minimum atomic E-state index is -3.89. The van der Waals surface area contributed by atoms with Gasteiger partial charge in [-0.15, -0.1) is 0 Å². The van der Waals surface area contributed by atoms with Crippen molar-refractivity contribution in [2.45, 2.75) is 18.0 Å². The van der Waals surface area contributed by atoms with Gasteiger partial charge >= 0.3 is 0 Å². The molecule has 2 aromatic rings. The Morgan fingerprint density at radius 1 is 0.957 bits per heavy atom. The van der Waals surface area contributed by atoms with Crippen LogP contribution in [0, 0.1) is 11.6 Å². The molecule has 0 saturated heterocycles. The molecule has 2 aromatic carbocycles. The van der Waals surface area contributed by atoms with Gasteiger partial charge in [-0.25, -0.2) is 21.9 Å². The molecule has 0 aliphatic carbocycles. The molecule has 2 rings (SSSR count). The fourth-order valence-electron chi connectivity index (χ4n) is 2.09. The van der Waals surface area contributed by atoms with Crippen molar-refractivity contribution in [1.82, 2.24) is 4.72 Å². The minimum Gasteiger partial charge on any atom is -0.336 e. The maximum Gasteiger partial charge on any atom is 0.240 e. The molecular formula is C16H19F2N2O2S+. The van der Waals surface area contributed by atoms with Crippen LogP contribution in [0.5, 0.6) is 0 Å². The summed E-state index contributed by atoms with van der Waals surface area (Å²) in [5.41, 5.74) is 1.94. The second-order valence-electron chi connectivity index (χ2n) is 5.60. The zero-order chi connectivity index (χ0) is 17.0. The van der Waals surface area contributed by atoms with Crippen molar-refractivity contribution < 1.29 is 22.1 Å². The van der Waals surface area contributed by atoms with Gasteiger partial charge in [0.2, 0.25) is 10.0 Å². The molecule has 0 aliphatic heterocycles. The summed E-state index contributed by atoms with van der Waals surface area (Å²) in [5.74, 6) is -2.27. The SMILES string of the molecule is C[NH+](C)Cc1ccc(CNS(=O)(=O)c2ccc(F)c(F)c2)cc1. The Morgan fingerprint density at radius 3 is 2.13 bits per heavy atom. The summed E-state index contributed by atoms with van der Waals surface area (Å²) in [6.45, 7) is 0.956. The first-order valence-electron chi connectivity index (χ1n) is 7.09. The van der Waals surface area contributed by atoms with E-state index < -0.39 is 21.7 Å². The average molecular weight is 341 g/mol. The second kappa shape index (κ2) is 7.16. The smallest absolute Gasteiger partial charge is 0.240 e. The number of nitrogens with one attached hydrogen (secondary N) is 2. The summed E-state index contributed by atoms with van der Waals surface area (Å²) in [6.07, 6.45) is 0. The summed E-state index contributed by atoms with van der Waals surface area (Å²) < 4.78 is 52.6. The van der Waals surface area contributed by atoms with Crippen molar-refractivity contribution in [3.63, 3.8) is 0 Å². The lowest BCUT2D eigenvalue weighted by molar-refractivity contribution is -0.872. The van der Waals surface area contributed by atoms with Gasteiger partial charge in [0.15, 0.2) is 11.6 Å². The molecular weight excluding hydrogens is 322 g/mol. The van der Waals surface area contributed by atoms with E-state index in [-0.39, 0.29) is 11.4 Å². The van der Waals surface area contributed by atoms with Crippen molar-refractivity contribution in [1.29, 1.82) is 0 Å². The lowest BCUT2D eigenvalue weighted by Crippen LogP contribution is -3.04. The highest BCUT2D eigenvalue weighted by Crippen LogP contribution is 2.14. The molecule has 23 heavy (non-hydrogen) atoms. The third kappa shape index (κ3) is 4.82. The van der Waals surface area contributed by atoms with Crippen LogP contribution in [0.25, 0.3) is 0 Å². The zero-order valence-corrected chi connectivity index (χ0v) is 13.8. The zero-order valence-electron chi connectivity index (χ0n) is 12.9. The third-order valence-electron chi connectivity index (χ3n) is 3.25. The summed E-state index contributed by atoms with van der Waals surface area (Å²) >= 11 is 0. The van der Waals surface area contributed by atoms with Crippen LogP contribution in [-0.2, 0) is 23.1 Å². The number of halogens is 2. The molecule has 124 valence electrons. The van der Waals surface area contributed by atoms with Gasteiger partial charge in [0.1, 0.15) is 6.54 Å². The Bertz CT molecular complexity index is 775. The van der Waals surface area contributed by atoms with E-state index in [4.69, 9.17) is 0 Å². The van der Waals surface area contributed by atoms with E-state index in [2.05, 4.69) is 4.72 Å². The summed E-state index contributed by atoms with van der Waals surface area (Å²) in [5, 5.41) is 0. The van der Waals surface area contributed by atoms with Crippen molar-refractivity contribution in [3.05, 3.63) is 65.2 Å². The monoisotopic (exact) mass is 341 g/mol. The molecule has 0 saturated carbocycles. The maximum atomic E-state index is 13.2. The number of rotatable bonds is 6. The van der Waals surface area contributed by atoms with E-state index in [1.54, 1.807) is 0 Å². The fraction of sp³-hybridized carbons (Fsp3) is 0.250.